The number of carboxylic acid groups (broad SMARTS) is 2. The summed E-state index contributed by atoms with van der Waals surface area (Å²) in [4.78, 5) is 41.8. The number of pyridine rings is 2. The van der Waals surface area contributed by atoms with Crippen LogP contribution in [0.4, 0.5) is 0 Å². The number of rotatable bonds is 4. The van der Waals surface area contributed by atoms with Crippen molar-refractivity contribution in [2.24, 2.45) is 0 Å². The van der Waals surface area contributed by atoms with E-state index in [-0.39, 0.29) is 22.5 Å². The molecule has 0 bridgehead atoms. The van der Waals surface area contributed by atoms with Crippen LogP contribution in [0.1, 0.15) is 36.9 Å². The molecule has 20 heavy (non-hydrogen) atoms. The van der Waals surface area contributed by atoms with E-state index in [0.717, 1.165) is 0 Å². The van der Waals surface area contributed by atoms with Crippen molar-refractivity contribution in [1.29, 1.82) is 0 Å². The van der Waals surface area contributed by atoms with Gasteiger partial charge in [0.15, 0.2) is 0 Å². The Morgan fingerprint density at radius 2 is 1.20 bits per heavy atom. The van der Waals surface area contributed by atoms with Crippen LogP contribution in [0.25, 0.3) is 0 Å². The van der Waals surface area contributed by atoms with Gasteiger partial charge in [-0.15, -0.1) is 0 Å². The average Bonchev–Trinajstić information content (AvgIpc) is 2.46. The normalized spacial score (nSPS) is 10.0. The number of carbonyl (C=O) groups is 3. The van der Waals surface area contributed by atoms with Crippen molar-refractivity contribution in [3.8, 4) is 0 Å². The Morgan fingerprint density at radius 1 is 0.800 bits per heavy atom. The maximum absolute atomic E-state index is 12.2. The highest BCUT2D eigenvalue weighted by Crippen LogP contribution is 2.14. The molecule has 0 radical (unpaired) electrons. The minimum Gasteiger partial charge on any atom is -0.478 e. The van der Waals surface area contributed by atoms with Crippen molar-refractivity contribution in [1.82, 2.24) is 9.97 Å². The molecular formula is C13H8N2O5. The van der Waals surface area contributed by atoms with Gasteiger partial charge in [-0.1, -0.05) is 0 Å². The highest BCUT2D eigenvalue weighted by Gasteiger charge is 2.24. The van der Waals surface area contributed by atoms with Crippen LogP contribution in [0.2, 0.25) is 0 Å². The lowest BCUT2D eigenvalue weighted by Crippen LogP contribution is -2.16. The number of hydrogen-bond donors (Lipinski definition) is 2. The number of carboxylic acids is 2. The van der Waals surface area contributed by atoms with Gasteiger partial charge >= 0.3 is 11.9 Å². The van der Waals surface area contributed by atoms with E-state index in [1.54, 1.807) is 0 Å². The molecule has 0 aliphatic carbocycles. The fraction of sp³-hybridized carbons (Fsp3) is 0. The molecule has 2 aromatic rings. The predicted molar refractivity (Wildman–Crippen MR) is 65.8 cm³/mol. The molecule has 7 nitrogen and oxygen atoms in total. The SMILES string of the molecule is O=C(O)c1cccnc1C(=O)c1ncccc1C(=O)O. The van der Waals surface area contributed by atoms with Gasteiger partial charge in [0.25, 0.3) is 0 Å². The largest absolute Gasteiger partial charge is 0.478 e. The van der Waals surface area contributed by atoms with Gasteiger partial charge in [-0.05, 0) is 24.3 Å². The Balaban J connectivity index is 2.59. The Morgan fingerprint density at radius 3 is 1.55 bits per heavy atom. The van der Waals surface area contributed by atoms with E-state index in [2.05, 4.69) is 9.97 Å². The minimum atomic E-state index is -1.32. The summed E-state index contributed by atoms with van der Waals surface area (Å²) in [5.41, 5.74) is -1.30. The molecule has 0 atom stereocenters. The number of aromatic nitrogens is 2. The van der Waals surface area contributed by atoms with Crippen LogP contribution in [0.15, 0.2) is 36.7 Å². The van der Waals surface area contributed by atoms with Crippen LogP contribution in [0, 0.1) is 0 Å². The van der Waals surface area contributed by atoms with Crippen LogP contribution < -0.4 is 0 Å². The molecule has 100 valence electrons. The second-order valence-corrected chi connectivity index (χ2v) is 3.74. The van der Waals surface area contributed by atoms with Crippen molar-refractivity contribution < 1.29 is 24.6 Å². The van der Waals surface area contributed by atoms with Gasteiger partial charge in [0.1, 0.15) is 11.4 Å². The number of ketones is 1. The van der Waals surface area contributed by atoms with Crippen LogP contribution in [0.3, 0.4) is 0 Å². The third-order valence-electron chi connectivity index (χ3n) is 2.51. The van der Waals surface area contributed by atoms with Gasteiger partial charge < -0.3 is 10.2 Å². The first-order valence-electron chi connectivity index (χ1n) is 5.43. The van der Waals surface area contributed by atoms with E-state index in [9.17, 15) is 14.4 Å². The summed E-state index contributed by atoms with van der Waals surface area (Å²) >= 11 is 0. The molecule has 2 heterocycles. The highest BCUT2D eigenvalue weighted by molar-refractivity contribution is 6.15. The van der Waals surface area contributed by atoms with E-state index in [1.165, 1.54) is 36.7 Å². The second-order valence-electron chi connectivity index (χ2n) is 3.74. The van der Waals surface area contributed by atoms with E-state index in [0.29, 0.717) is 0 Å². The molecule has 0 aromatic carbocycles. The summed E-state index contributed by atoms with van der Waals surface area (Å²) in [5.74, 6) is -3.50. The lowest BCUT2D eigenvalue weighted by atomic mass is 10.0. The molecule has 0 unspecified atom stereocenters. The Bertz CT molecular complexity index is 652. The molecule has 0 aliphatic rings. The zero-order chi connectivity index (χ0) is 14.7. The van der Waals surface area contributed by atoms with Crippen molar-refractivity contribution in [3.05, 3.63) is 59.2 Å². The summed E-state index contributed by atoms with van der Waals surface area (Å²) in [6, 6.07) is 5.17. The van der Waals surface area contributed by atoms with Crippen molar-refractivity contribution in [2.45, 2.75) is 0 Å². The van der Waals surface area contributed by atoms with Gasteiger partial charge in [-0.2, -0.15) is 0 Å². The lowest BCUT2D eigenvalue weighted by molar-refractivity contribution is 0.0686. The number of carbonyl (C=O) groups excluding carboxylic acids is 1. The monoisotopic (exact) mass is 272 g/mol. The fourth-order valence-electron chi connectivity index (χ4n) is 1.63. The first kappa shape index (κ1) is 13.3. The first-order chi connectivity index (χ1) is 9.52. The summed E-state index contributed by atoms with van der Waals surface area (Å²) in [5, 5.41) is 18.0. The molecule has 0 amide bonds. The quantitative estimate of drug-likeness (QED) is 0.800. The Kier molecular flexibility index (Phi) is 3.52. The zero-order valence-electron chi connectivity index (χ0n) is 9.98. The smallest absolute Gasteiger partial charge is 0.338 e. The predicted octanol–water partition coefficient (Wildman–Crippen LogP) is 1.10. The topological polar surface area (TPSA) is 117 Å². The van der Waals surface area contributed by atoms with Gasteiger partial charge in [0.05, 0.1) is 11.1 Å². The average molecular weight is 272 g/mol. The van der Waals surface area contributed by atoms with E-state index in [4.69, 9.17) is 10.2 Å². The van der Waals surface area contributed by atoms with Gasteiger partial charge in [0, 0.05) is 12.4 Å². The third kappa shape index (κ3) is 2.37. The van der Waals surface area contributed by atoms with E-state index < -0.39 is 17.7 Å². The summed E-state index contributed by atoms with van der Waals surface area (Å²) in [6.07, 6.45) is 2.51. The van der Waals surface area contributed by atoms with Gasteiger partial charge in [-0.3, -0.25) is 14.8 Å². The molecule has 0 saturated heterocycles. The van der Waals surface area contributed by atoms with E-state index in [1.807, 2.05) is 0 Å². The van der Waals surface area contributed by atoms with Crippen LogP contribution in [-0.2, 0) is 0 Å². The van der Waals surface area contributed by atoms with Crippen molar-refractivity contribution in [3.63, 3.8) is 0 Å². The molecule has 2 rings (SSSR count). The van der Waals surface area contributed by atoms with E-state index >= 15 is 0 Å². The van der Waals surface area contributed by atoms with Crippen LogP contribution >= 0.6 is 0 Å². The molecule has 0 spiro atoms. The number of aromatic carboxylic acids is 2. The highest BCUT2D eigenvalue weighted by atomic mass is 16.4. The summed E-state index contributed by atoms with van der Waals surface area (Å²) < 4.78 is 0. The standard InChI is InChI=1S/C13H8N2O5/c16-11(9-7(12(17)18)3-1-5-14-9)10-8(13(19)20)4-2-6-15-10/h1-6H,(H,17,18)(H,19,20). The molecule has 0 fully saturated rings. The Labute approximate surface area is 112 Å². The molecule has 0 aliphatic heterocycles. The summed E-state index contributed by atoms with van der Waals surface area (Å²) in [6.45, 7) is 0. The third-order valence-corrected chi connectivity index (χ3v) is 2.51. The van der Waals surface area contributed by atoms with Gasteiger partial charge in [0.2, 0.25) is 5.78 Å². The molecule has 2 N–H and O–H groups in total. The number of nitrogens with zero attached hydrogens (tertiary/aromatic N) is 2. The number of hydrogen-bond acceptors (Lipinski definition) is 5. The minimum absolute atomic E-state index is 0.306. The second kappa shape index (κ2) is 5.27. The maximum Gasteiger partial charge on any atom is 0.338 e. The first-order valence-corrected chi connectivity index (χ1v) is 5.43. The lowest BCUT2D eigenvalue weighted by Gasteiger charge is -2.05. The van der Waals surface area contributed by atoms with Crippen LogP contribution in [0.5, 0.6) is 0 Å². The molecule has 2 aromatic heterocycles. The van der Waals surface area contributed by atoms with Gasteiger partial charge in [-0.25, -0.2) is 9.59 Å². The van der Waals surface area contributed by atoms with Crippen LogP contribution in [-0.4, -0.2) is 37.9 Å². The fourth-order valence-corrected chi connectivity index (χ4v) is 1.63. The molecular weight excluding hydrogens is 264 g/mol. The summed E-state index contributed by atoms with van der Waals surface area (Å²) in [7, 11) is 0. The Hall–Kier alpha value is -3.09. The molecule has 0 saturated carbocycles. The van der Waals surface area contributed by atoms with Crippen molar-refractivity contribution >= 4 is 17.7 Å². The molecule has 7 heteroatoms. The maximum atomic E-state index is 12.2. The van der Waals surface area contributed by atoms with Crippen molar-refractivity contribution in [2.75, 3.05) is 0 Å². The zero-order valence-corrected chi connectivity index (χ0v) is 9.98.